The van der Waals surface area contributed by atoms with E-state index in [9.17, 15) is 18.0 Å². The Labute approximate surface area is 210 Å². The summed E-state index contributed by atoms with van der Waals surface area (Å²) in [4.78, 5) is 28.8. The van der Waals surface area contributed by atoms with Crippen molar-refractivity contribution < 1.29 is 22.7 Å². The van der Waals surface area contributed by atoms with Gasteiger partial charge in [-0.3, -0.25) is 14.3 Å². The quantitative estimate of drug-likeness (QED) is 0.338. The standard InChI is InChI=1S/C23H21N5O6S2/c1-33-19-9-3-15(13-20(19)34-2)18-8-10-22(30)28(26-18)14-21(29)25-16-4-6-17(7-5-16)36(31,32)27-23-24-11-12-35-23/h3-13H,14H2,1-2H3,(H,24,27)(H,25,29). The summed E-state index contributed by atoms with van der Waals surface area (Å²) in [6.45, 7) is -0.342. The van der Waals surface area contributed by atoms with Crippen LogP contribution >= 0.6 is 11.3 Å². The number of anilines is 2. The third-order valence-corrected chi connectivity index (χ3v) is 7.11. The molecule has 0 aliphatic heterocycles. The summed E-state index contributed by atoms with van der Waals surface area (Å²) in [5.41, 5.74) is 1.04. The van der Waals surface area contributed by atoms with Crippen molar-refractivity contribution in [3.05, 3.63) is 76.5 Å². The van der Waals surface area contributed by atoms with Crippen LogP contribution in [0.2, 0.25) is 0 Å². The average Bonchev–Trinajstić information content (AvgIpc) is 3.37. The molecule has 0 spiro atoms. The summed E-state index contributed by atoms with van der Waals surface area (Å²) in [5, 5.41) is 8.83. The lowest BCUT2D eigenvalue weighted by atomic mass is 10.1. The zero-order valence-corrected chi connectivity index (χ0v) is 20.8. The first-order valence-electron chi connectivity index (χ1n) is 10.4. The van der Waals surface area contributed by atoms with E-state index in [4.69, 9.17) is 9.47 Å². The Balaban J connectivity index is 1.46. The molecule has 11 nitrogen and oxygen atoms in total. The fourth-order valence-electron chi connectivity index (χ4n) is 3.21. The second-order valence-corrected chi connectivity index (χ2v) is 9.88. The number of amides is 1. The van der Waals surface area contributed by atoms with Crippen molar-refractivity contribution in [3.8, 4) is 22.8 Å². The van der Waals surface area contributed by atoms with Gasteiger partial charge in [0.1, 0.15) is 6.54 Å². The number of carbonyl (C=O) groups excluding carboxylic acids is 1. The number of carbonyl (C=O) groups is 1. The summed E-state index contributed by atoms with van der Waals surface area (Å²) in [5.74, 6) is 0.539. The van der Waals surface area contributed by atoms with Gasteiger partial charge in [-0.05, 0) is 48.5 Å². The predicted molar refractivity (Wildman–Crippen MR) is 135 cm³/mol. The maximum atomic E-state index is 12.6. The second-order valence-electron chi connectivity index (χ2n) is 7.30. The molecule has 4 aromatic rings. The van der Waals surface area contributed by atoms with Crippen molar-refractivity contribution in [3.63, 3.8) is 0 Å². The number of rotatable bonds is 9. The van der Waals surface area contributed by atoms with Crippen LogP contribution in [0, 0.1) is 0 Å². The molecule has 0 fully saturated rings. The molecule has 36 heavy (non-hydrogen) atoms. The highest BCUT2D eigenvalue weighted by atomic mass is 32.2. The molecule has 0 aliphatic rings. The molecule has 186 valence electrons. The highest BCUT2D eigenvalue weighted by Gasteiger charge is 2.16. The van der Waals surface area contributed by atoms with Crippen LogP contribution in [0.4, 0.5) is 10.8 Å². The highest BCUT2D eigenvalue weighted by molar-refractivity contribution is 7.93. The van der Waals surface area contributed by atoms with Gasteiger partial charge < -0.3 is 14.8 Å². The molecule has 13 heteroatoms. The highest BCUT2D eigenvalue weighted by Crippen LogP contribution is 2.31. The fourth-order valence-corrected chi connectivity index (χ4v) is 5.00. The van der Waals surface area contributed by atoms with E-state index >= 15 is 0 Å². The number of ether oxygens (including phenoxy) is 2. The minimum Gasteiger partial charge on any atom is -0.493 e. The van der Waals surface area contributed by atoms with Crippen LogP contribution in [-0.2, 0) is 21.4 Å². The predicted octanol–water partition coefficient (Wildman–Crippen LogP) is 2.82. The molecule has 4 rings (SSSR count). The van der Waals surface area contributed by atoms with Gasteiger partial charge in [-0.2, -0.15) is 5.10 Å². The minimum absolute atomic E-state index is 0.0104. The monoisotopic (exact) mass is 527 g/mol. The van der Waals surface area contributed by atoms with Crippen LogP contribution in [0.5, 0.6) is 11.5 Å². The van der Waals surface area contributed by atoms with E-state index in [2.05, 4.69) is 20.1 Å². The summed E-state index contributed by atoms with van der Waals surface area (Å²) >= 11 is 1.16. The van der Waals surface area contributed by atoms with E-state index in [1.807, 2.05) is 0 Å². The molecule has 0 aliphatic carbocycles. The van der Waals surface area contributed by atoms with Gasteiger partial charge in [0, 0.05) is 28.9 Å². The largest absolute Gasteiger partial charge is 0.493 e. The first-order chi connectivity index (χ1) is 17.3. The molecule has 0 saturated carbocycles. The van der Waals surface area contributed by atoms with Crippen LogP contribution in [0.15, 0.2) is 75.9 Å². The molecule has 0 bridgehead atoms. The van der Waals surface area contributed by atoms with E-state index in [0.29, 0.717) is 28.4 Å². The Morgan fingerprint density at radius 3 is 2.44 bits per heavy atom. The zero-order chi connectivity index (χ0) is 25.7. The van der Waals surface area contributed by atoms with Gasteiger partial charge in [-0.15, -0.1) is 11.3 Å². The molecule has 0 saturated heterocycles. The molecule has 1 amide bonds. The van der Waals surface area contributed by atoms with E-state index in [0.717, 1.165) is 16.0 Å². The molecular formula is C23H21N5O6S2. The maximum Gasteiger partial charge on any atom is 0.267 e. The summed E-state index contributed by atoms with van der Waals surface area (Å²) in [7, 11) is -0.768. The third kappa shape index (κ3) is 5.70. The SMILES string of the molecule is COc1ccc(-c2ccc(=O)n(CC(=O)Nc3ccc(S(=O)(=O)Nc4nccs4)cc3)n2)cc1OC. The Bertz CT molecular complexity index is 1530. The summed E-state index contributed by atoms with van der Waals surface area (Å²) < 4.78 is 38.8. The normalized spacial score (nSPS) is 11.1. The molecule has 2 aromatic heterocycles. The lowest BCUT2D eigenvalue weighted by Gasteiger charge is -2.11. The first-order valence-corrected chi connectivity index (χ1v) is 12.8. The lowest BCUT2D eigenvalue weighted by Crippen LogP contribution is -2.29. The summed E-state index contributed by atoms with van der Waals surface area (Å²) in [6.07, 6.45) is 1.49. The number of nitrogens with one attached hydrogen (secondary N) is 2. The van der Waals surface area contributed by atoms with Gasteiger partial charge in [-0.25, -0.2) is 18.1 Å². The summed E-state index contributed by atoms with van der Waals surface area (Å²) in [6, 6.07) is 13.7. The molecule has 0 unspecified atom stereocenters. The number of thiazole rings is 1. The Kier molecular flexibility index (Phi) is 7.31. The average molecular weight is 528 g/mol. The lowest BCUT2D eigenvalue weighted by molar-refractivity contribution is -0.117. The first kappa shape index (κ1) is 24.9. The maximum absolute atomic E-state index is 12.6. The van der Waals surface area contributed by atoms with Gasteiger partial charge >= 0.3 is 0 Å². The third-order valence-electron chi connectivity index (χ3n) is 4.94. The van der Waals surface area contributed by atoms with E-state index in [-0.39, 0.29) is 16.6 Å². The van der Waals surface area contributed by atoms with Gasteiger partial charge in [0.2, 0.25) is 5.91 Å². The van der Waals surface area contributed by atoms with Crippen LogP contribution in [-0.4, -0.2) is 43.3 Å². The number of hydrogen-bond acceptors (Lipinski definition) is 9. The topological polar surface area (TPSA) is 142 Å². The number of sulfonamides is 1. The fraction of sp³-hybridized carbons (Fsp3) is 0.130. The second kappa shape index (κ2) is 10.6. The Hall–Kier alpha value is -4.23. The van der Waals surface area contributed by atoms with E-state index in [1.165, 1.54) is 50.7 Å². The van der Waals surface area contributed by atoms with Gasteiger partial charge in [0.25, 0.3) is 15.6 Å². The van der Waals surface area contributed by atoms with Crippen molar-refractivity contribution in [2.24, 2.45) is 0 Å². The number of benzene rings is 2. The number of aromatic nitrogens is 3. The van der Waals surface area contributed by atoms with Crippen LogP contribution in [0.1, 0.15) is 0 Å². The van der Waals surface area contributed by atoms with Crippen molar-refractivity contribution in [1.29, 1.82) is 0 Å². The van der Waals surface area contributed by atoms with E-state index < -0.39 is 21.5 Å². The Morgan fingerprint density at radius 2 is 1.78 bits per heavy atom. The smallest absolute Gasteiger partial charge is 0.267 e. The van der Waals surface area contributed by atoms with Crippen molar-refractivity contribution >= 4 is 38.1 Å². The van der Waals surface area contributed by atoms with Crippen LogP contribution in [0.3, 0.4) is 0 Å². The Morgan fingerprint density at radius 1 is 1.03 bits per heavy atom. The van der Waals surface area contributed by atoms with Gasteiger partial charge in [-0.1, -0.05) is 0 Å². The number of nitrogens with zero attached hydrogens (tertiary/aromatic N) is 3. The van der Waals surface area contributed by atoms with Gasteiger partial charge in [0.15, 0.2) is 16.6 Å². The van der Waals surface area contributed by atoms with E-state index in [1.54, 1.807) is 29.6 Å². The molecule has 2 N–H and O–H groups in total. The van der Waals surface area contributed by atoms with Gasteiger partial charge in [0.05, 0.1) is 24.8 Å². The molecule has 2 heterocycles. The molecule has 0 atom stereocenters. The van der Waals surface area contributed by atoms with Crippen LogP contribution in [0.25, 0.3) is 11.3 Å². The van der Waals surface area contributed by atoms with Crippen molar-refractivity contribution in [2.45, 2.75) is 11.4 Å². The molecule has 2 aromatic carbocycles. The number of methoxy groups -OCH3 is 2. The van der Waals surface area contributed by atoms with Crippen molar-refractivity contribution in [2.75, 3.05) is 24.3 Å². The van der Waals surface area contributed by atoms with Crippen LogP contribution < -0.4 is 25.1 Å². The molecular weight excluding hydrogens is 506 g/mol. The van der Waals surface area contributed by atoms with Crippen molar-refractivity contribution in [1.82, 2.24) is 14.8 Å². The number of hydrogen-bond donors (Lipinski definition) is 2. The zero-order valence-electron chi connectivity index (χ0n) is 19.2. The molecule has 0 radical (unpaired) electrons. The minimum atomic E-state index is -3.81.